The first-order chi connectivity index (χ1) is 13.6. The molecule has 0 atom stereocenters. The van der Waals surface area contributed by atoms with Crippen LogP contribution in [0.1, 0.15) is 26.5 Å². The Morgan fingerprint density at radius 1 is 0.929 bits per heavy atom. The molecule has 2 aromatic carbocycles. The van der Waals surface area contributed by atoms with Crippen LogP contribution in [-0.4, -0.2) is 53.1 Å². The first-order valence-corrected chi connectivity index (χ1v) is 8.28. The zero-order valence-corrected chi connectivity index (χ0v) is 15.6. The Hall–Kier alpha value is -3.75. The van der Waals surface area contributed by atoms with E-state index in [-0.39, 0.29) is 23.9 Å². The summed E-state index contributed by atoms with van der Waals surface area (Å²) in [5, 5.41) is 11.1. The number of benzene rings is 2. The zero-order chi connectivity index (χ0) is 20.1. The Morgan fingerprint density at radius 3 is 2.14 bits per heavy atom. The first kappa shape index (κ1) is 19.0. The molecule has 0 amide bonds. The summed E-state index contributed by atoms with van der Waals surface area (Å²) >= 11 is 0. The van der Waals surface area contributed by atoms with Gasteiger partial charge in [-0.15, -0.1) is 5.10 Å². The summed E-state index contributed by atoms with van der Waals surface area (Å²) in [5.41, 5.74) is 0.738. The van der Waals surface area contributed by atoms with E-state index in [1.54, 1.807) is 30.3 Å². The third-order valence-electron chi connectivity index (χ3n) is 4.05. The monoisotopic (exact) mass is 382 g/mol. The molecule has 3 aromatic rings. The van der Waals surface area contributed by atoms with Crippen LogP contribution in [0.2, 0.25) is 0 Å². The van der Waals surface area contributed by atoms with E-state index >= 15 is 0 Å². The summed E-state index contributed by atoms with van der Waals surface area (Å²) in [7, 11) is 4.40. The molecule has 9 nitrogen and oxygen atoms in total. The number of nitrogens with zero attached hydrogens (tertiary/aromatic N) is 4. The summed E-state index contributed by atoms with van der Waals surface area (Å²) in [5.74, 6) is 0.359. The van der Waals surface area contributed by atoms with E-state index in [1.807, 2.05) is 0 Å². The molecule has 0 spiro atoms. The van der Waals surface area contributed by atoms with Gasteiger partial charge < -0.3 is 14.2 Å². The number of hydrogen-bond donors (Lipinski definition) is 0. The number of Topliss-reactive ketones (excluding diaryl/α,β-unsaturated/α-hetero) is 1. The number of rotatable bonds is 8. The predicted molar refractivity (Wildman–Crippen MR) is 98.1 cm³/mol. The Morgan fingerprint density at radius 2 is 1.57 bits per heavy atom. The van der Waals surface area contributed by atoms with E-state index in [2.05, 4.69) is 15.5 Å². The number of ether oxygens (including phenoxy) is 3. The van der Waals surface area contributed by atoms with Crippen molar-refractivity contribution < 1.29 is 23.8 Å². The summed E-state index contributed by atoms with van der Waals surface area (Å²) in [6, 6.07) is 11.7. The van der Waals surface area contributed by atoms with Crippen LogP contribution in [0, 0.1) is 0 Å². The molecular formula is C19H18N4O5. The Labute approximate surface area is 160 Å². The van der Waals surface area contributed by atoms with E-state index in [0.717, 1.165) is 0 Å². The fourth-order valence-corrected chi connectivity index (χ4v) is 2.66. The van der Waals surface area contributed by atoms with E-state index in [4.69, 9.17) is 14.2 Å². The molecule has 0 aliphatic rings. The van der Waals surface area contributed by atoms with Gasteiger partial charge >= 0.3 is 0 Å². The largest absolute Gasteiger partial charge is 0.493 e. The van der Waals surface area contributed by atoms with Crippen LogP contribution in [-0.2, 0) is 6.54 Å². The maximum atomic E-state index is 12.8. The van der Waals surface area contributed by atoms with Crippen LogP contribution < -0.4 is 14.2 Å². The lowest BCUT2D eigenvalue weighted by Crippen LogP contribution is -2.18. The number of methoxy groups -OCH3 is 3. The Bertz CT molecular complexity index is 976. The second-order valence-electron chi connectivity index (χ2n) is 5.69. The van der Waals surface area contributed by atoms with Gasteiger partial charge in [-0.1, -0.05) is 30.3 Å². The van der Waals surface area contributed by atoms with Crippen molar-refractivity contribution >= 4 is 11.6 Å². The summed E-state index contributed by atoms with van der Waals surface area (Å²) < 4.78 is 17.0. The Kier molecular flexibility index (Phi) is 5.64. The van der Waals surface area contributed by atoms with Crippen molar-refractivity contribution in [2.24, 2.45) is 0 Å². The zero-order valence-electron chi connectivity index (χ0n) is 15.6. The molecule has 144 valence electrons. The van der Waals surface area contributed by atoms with Gasteiger partial charge in [0.2, 0.25) is 17.4 Å². The van der Waals surface area contributed by atoms with Gasteiger partial charge in [-0.3, -0.25) is 9.59 Å². The predicted octanol–water partition coefficient (Wildman–Crippen LogP) is 1.81. The molecule has 0 aliphatic heterocycles. The normalized spacial score (nSPS) is 10.4. The molecule has 1 heterocycles. The van der Waals surface area contributed by atoms with Gasteiger partial charge in [-0.05, 0) is 22.6 Å². The molecule has 0 bridgehead atoms. The fraction of sp³-hybridized carbons (Fsp3) is 0.211. The van der Waals surface area contributed by atoms with Crippen LogP contribution in [0.25, 0.3) is 0 Å². The average Bonchev–Trinajstić information content (AvgIpc) is 3.20. The summed E-state index contributed by atoms with van der Waals surface area (Å²) in [6.45, 7) is -0.223. The van der Waals surface area contributed by atoms with Crippen LogP contribution in [0.5, 0.6) is 17.2 Å². The van der Waals surface area contributed by atoms with E-state index in [9.17, 15) is 9.59 Å². The van der Waals surface area contributed by atoms with Gasteiger partial charge in [-0.25, -0.2) is 4.68 Å². The maximum absolute atomic E-state index is 12.8. The van der Waals surface area contributed by atoms with Gasteiger partial charge in [0.15, 0.2) is 17.3 Å². The van der Waals surface area contributed by atoms with Crippen molar-refractivity contribution in [3.05, 3.63) is 59.4 Å². The van der Waals surface area contributed by atoms with Crippen molar-refractivity contribution in [3.63, 3.8) is 0 Å². The SMILES string of the molecule is COc1cc(C(=O)Cn2nnnc2C(=O)c2ccccc2)cc(OC)c1OC. The number of carbonyl (C=O) groups excluding carboxylic acids is 2. The molecule has 0 radical (unpaired) electrons. The number of ketones is 2. The third kappa shape index (κ3) is 3.68. The fourth-order valence-electron chi connectivity index (χ4n) is 2.66. The molecule has 0 N–H and O–H groups in total. The van der Waals surface area contributed by atoms with Crippen LogP contribution in [0.4, 0.5) is 0 Å². The molecule has 3 rings (SSSR count). The van der Waals surface area contributed by atoms with Crippen LogP contribution in [0.3, 0.4) is 0 Å². The van der Waals surface area contributed by atoms with Gasteiger partial charge in [0.25, 0.3) is 0 Å². The molecule has 28 heavy (non-hydrogen) atoms. The number of carbonyl (C=O) groups is 2. The van der Waals surface area contributed by atoms with E-state index in [1.165, 1.54) is 38.1 Å². The standard InChI is InChI=1S/C19H18N4O5/c1-26-15-9-13(10-16(27-2)18(15)28-3)14(24)11-23-19(20-21-22-23)17(25)12-7-5-4-6-8-12/h4-10H,11H2,1-3H3. The van der Waals surface area contributed by atoms with Crippen molar-refractivity contribution in [2.45, 2.75) is 6.54 Å². The van der Waals surface area contributed by atoms with Crippen LogP contribution >= 0.6 is 0 Å². The van der Waals surface area contributed by atoms with E-state index in [0.29, 0.717) is 28.4 Å². The van der Waals surface area contributed by atoms with Gasteiger partial charge in [-0.2, -0.15) is 0 Å². The molecule has 0 saturated carbocycles. The second kappa shape index (κ2) is 8.30. The minimum atomic E-state index is -0.372. The lowest BCUT2D eigenvalue weighted by Gasteiger charge is -2.13. The molecule has 0 aliphatic carbocycles. The Balaban J connectivity index is 1.89. The second-order valence-corrected chi connectivity index (χ2v) is 5.69. The topological polar surface area (TPSA) is 105 Å². The van der Waals surface area contributed by atoms with Gasteiger partial charge in [0, 0.05) is 11.1 Å². The highest BCUT2D eigenvalue weighted by Crippen LogP contribution is 2.38. The van der Waals surface area contributed by atoms with Crippen molar-refractivity contribution in [2.75, 3.05) is 21.3 Å². The third-order valence-corrected chi connectivity index (χ3v) is 4.05. The maximum Gasteiger partial charge on any atom is 0.231 e. The summed E-state index contributed by atoms with van der Waals surface area (Å²) in [4.78, 5) is 25.4. The number of hydrogen-bond acceptors (Lipinski definition) is 8. The highest BCUT2D eigenvalue weighted by atomic mass is 16.5. The molecule has 0 saturated heterocycles. The minimum Gasteiger partial charge on any atom is -0.493 e. The van der Waals surface area contributed by atoms with Crippen molar-refractivity contribution in [1.82, 2.24) is 20.2 Å². The number of aromatic nitrogens is 4. The van der Waals surface area contributed by atoms with Gasteiger partial charge in [0.05, 0.1) is 21.3 Å². The van der Waals surface area contributed by atoms with Crippen molar-refractivity contribution in [1.29, 1.82) is 0 Å². The van der Waals surface area contributed by atoms with E-state index < -0.39 is 0 Å². The average molecular weight is 382 g/mol. The first-order valence-electron chi connectivity index (χ1n) is 8.28. The molecule has 1 aromatic heterocycles. The molecule has 0 fully saturated rings. The summed E-state index contributed by atoms with van der Waals surface area (Å²) in [6.07, 6.45) is 0. The lowest BCUT2D eigenvalue weighted by atomic mass is 10.1. The van der Waals surface area contributed by atoms with Crippen molar-refractivity contribution in [3.8, 4) is 17.2 Å². The molecular weight excluding hydrogens is 364 g/mol. The quantitative estimate of drug-likeness (QED) is 0.543. The van der Waals surface area contributed by atoms with Crippen LogP contribution in [0.15, 0.2) is 42.5 Å². The van der Waals surface area contributed by atoms with Gasteiger partial charge in [0.1, 0.15) is 6.54 Å². The highest BCUT2D eigenvalue weighted by molar-refractivity contribution is 6.07. The molecule has 9 heteroatoms. The smallest absolute Gasteiger partial charge is 0.231 e. The lowest BCUT2D eigenvalue weighted by molar-refractivity contribution is 0.0960. The number of tetrazole rings is 1. The minimum absolute atomic E-state index is 0.0213. The molecule has 0 unspecified atom stereocenters. The highest BCUT2D eigenvalue weighted by Gasteiger charge is 2.22.